The molecule has 0 radical (unpaired) electrons. The molecule has 1 nitrogen and oxygen atoms in total. The highest BCUT2D eigenvalue weighted by molar-refractivity contribution is 7.80. The number of benzene rings is 13. The van der Waals surface area contributed by atoms with Gasteiger partial charge in [-0.3, -0.25) is 0 Å². The van der Waals surface area contributed by atoms with Crippen LogP contribution in [0.15, 0.2) is 241 Å². The minimum absolute atomic E-state index is 0.904. The zero-order valence-corrected chi connectivity index (χ0v) is 37.8. The zero-order valence-electron chi connectivity index (χ0n) is 36.9. The molecule has 0 atom stereocenters. The van der Waals surface area contributed by atoms with E-state index in [1.165, 1.54) is 130 Å². The summed E-state index contributed by atoms with van der Waals surface area (Å²) in [5, 5.41) is 21.6. The molecule has 0 saturated carbocycles. The summed E-state index contributed by atoms with van der Waals surface area (Å²) in [7, 11) is -1.10. The van der Waals surface area contributed by atoms with Crippen LogP contribution in [-0.2, 0) is 0 Å². The van der Waals surface area contributed by atoms with Crippen molar-refractivity contribution in [3.63, 3.8) is 0 Å². The van der Waals surface area contributed by atoms with Gasteiger partial charge in [0.2, 0.25) is 0 Å². The van der Waals surface area contributed by atoms with Gasteiger partial charge >= 0.3 is 0 Å². The first-order valence-electron chi connectivity index (χ1n) is 23.5. The minimum atomic E-state index is -1.10. The number of rotatable bonds is 5. The summed E-state index contributed by atoms with van der Waals surface area (Å²) in [4.78, 5) is 0. The van der Waals surface area contributed by atoms with E-state index in [1.54, 1.807) is 0 Å². The monoisotopic (exact) mass is 878 g/mol. The summed E-state index contributed by atoms with van der Waals surface area (Å²) in [5.74, 6) is 0. The summed E-state index contributed by atoms with van der Waals surface area (Å²) in [6, 6.07) is 88.1. The Labute approximate surface area is 393 Å². The normalized spacial score (nSPS) is 12.2. The van der Waals surface area contributed by atoms with Gasteiger partial charge < -0.3 is 4.42 Å². The molecule has 14 aromatic rings. The molecular weight excluding hydrogens is 840 g/mol. The fourth-order valence-corrected chi connectivity index (χ4v) is 14.6. The van der Waals surface area contributed by atoms with Gasteiger partial charge in [0.05, 0.1) is 0 Å². The van der Waals surface area contributed by atoms with Gasteiger partial charge in [-0.1, -0.05) is 206 Å². The first-order chi connectivity index (χ1) is 33.8. The third-order valence-corrected chi connectivity index (χ3v) is 17.2. The summed E-state index contributed by atoms with van der Waals surface area (Å²) >= 11 is 0. The fourth-order valence-electron chi connectivity index (χ4n) is 11.9. The van der Waals surface area contributed by atoms with Crippen LogP contribution < -0.4 is 15.9 Å². The van der Waals surface area contributed by atoms with E-state index in [-0.39, 0.29) is 0 Å². The lowest BCUT2D eigenvalue weighted by molar-refractivity contribution is 0.669. The molecule has 13 aromatic carbocycles. The molecule has 0 aliphatic heterocycles. The second-order valence-corrected chi connectivity index (χ2v) is 20.4. The highest BCUT2D eigenvalue weighted by Crippen LogP contribution is 2.59. The Morgan fingerprint density at radius 1 is 0.265 bits per heavy atom. The van der Waals surface area contributed by atoms with Crippen molar-refractivity contribution in [2.75, 3.05) is 0 Å². The fraction of sp³-hybridized carbons (Fsp3) is 0. The molecule has 1 aliphatic rings. The van der Waals surface area contributed by atoms with Crippen molar-refractivity contribution >= 4 is 110 Å². The third-order valence-electron chi connectivity index (χ3n) is 14.7. The van der Waals surface area contributed by atoms with E-state index in [9.17, 15) is 0 Å². The van der Waals surface area contributed by atoms with Gasteiger partial charge in [-0.2, -0.15) is 0 Å². The van der Waals surface area contributed by atoms with E-state index in [1.807, 2.05) is 0 Å². The molecule has 0 bridgehead atoms. The van der Waals surface area contributed by atoms with E-state index >= 15 is 0 Å². The average Bonchev–Trinajstić information content (AvgIpc) is 3.94. The van der Waals surface area contributed by atoms with Gasteiger partial charge in [-0.25, -0.2) is 0 Å². The van der Waals surface area contributed by atoms with Crippen LogP contribution in [0.5, 0.6) is 0 Å². The Hall–Kier alpha value is -8.35. The quantitative estimate of drug-likeness (QED) is 0.124. The van der Waals surface area contributed by atoms with E-state index in [0.717, 1.165) is 16.6 Å². The van der Waals surface area contributed by atoms with E-state index in [4.69, 9.17) is 4.42 Å². The van der Waals surface area contributed by atoms with Crippen molar-refractivity contribution < 1.29 is 4.42 Å². The molecule has 0 N–H and O–H groups in total. The maximum absolute atomic E-state index is 7.10. The number of hydrogen-bond donors (Lipinski definition) is 0. The van der Waals surface area contributed by atoms with Gasteiger partial charge in [-0.15, -0.1) is 0 Å². The highest BCUT2D eigenvalue weighted by Gasteiger charge is 2.33. The van der Waals surface area contributed by atoms with Gasteiger partial charge in [0, 0.05) is 10.8 Å². The molecule has 68 heavy (non-hydrogen) atoms. The number of furan rings is 1. The van der Waals surface area contributed by atoms with Crippen LogP contribution in [0.1, 0.15) is 0 Å². The van der Waals surface area contributed by atoms with Crippen LogP contribution in [0.25, 0.3) is 131 Å². The predicted octanol–water partition coefficient (Wildman–Crippen LogP) is 17.2. The van der Waals surface area contributed by atoms with Crippen molar-refractivity contribution in [1.29, 1.82) is 0 Å². The lowest BCUT2D eigenvalue weighted by Gasteiger charge is -2.24. The smallest absolute Gasteiger partial charge is 0.136 e. The molecule has 0 unspecified atom stereocenters. The summed E-state index contributed by atoms with van der Waals surface area (Å²) in [6.45, 7) is 0. The maximum atomic E-state index is 7.10. The molecule has 0 fully saturated rings. The molecule has 1 aromatic heterocycles. The van der Waals surface area contributed by atoms with Crippen LogP contribution in [0.2, 0.25) is 0 Å². The minimum Gasteiger partial charge on any atom is -0.456 e. The van der Waals surface area contributed by atoms with Crippen LogP contribution >= 0.6 is 7.92 Å². The van der Waals surface area contributed by atoms with Crippen LogP contribution in [0.3, 0.4) is 0 Å². The molecular formula is C66H39OP. The zero-order chi connectivity index (χ0) is 44.5. The van der Waals surface area contributed by atoms with E-state index in [2.05, 4.69) is 237 Å². The second-order valence-electron chi connectivity index (χ2n) is 18.2. The third kappa shape index (κ3) is 5.37. The van der Waals surface area contributed by atoms with Gasteiger partial charge in [-0.05, 0) is 163 Å². The number of fused-ring (bicyclic) bond motifs is 14. The van der Waals surface area contributed by atoms with Crippen LogP contribution in [0, 0.1) is 0 Å². The Kier molecular flexibility index (Phi) is 8.11. The predicted molar refractivity (Wildman–Crippen MR) is 293 cm³/mol. The Morgan fingerprint density at radius 3 is 1.31 bits per heavy atom. The standard InChI is InChI=1S/C66H39OP/c1-3-18-40(19-4-1)61-51-30-15-16-31-52(51)62(41-20-5-2-6-21-41)66-56-39-58-64(53-32-17-33-54(63(53)56)65(61)66)55-38-44(34-35-57(55)67-58)68(59-36-42-22-7-9-24-45(42)47-26-11-13-28-49(47)59)60-37-43-23-8-10-25-46(43)48-27-12-14-29-50(48)60/h1-39H. The van der Waals surface area contributed by atoms with Gasteiger partial charge in [0.25, 0.3) is 0 Å². The van der Waals surface area contributed by atoms with Crippen molar-refractivity contribution in [2.24, 2.45) is 0 Å². The molecule has 314 valence electrons. The second kappa shape index (κ2) is 14.6. The van der Waals surface area contributed by atoms with Crippen molar-refractivity contribution in [3.05, 3.63) is 237 Å². The maximum Gasteiger partial charge on any atom is 0.136 e. The summed E-state index contributed by atoms with van der Waals surface area (Å²) in [6.07, 6.45) is 0. The molecule has 1 aliphatic carbocycles. The Balaban J connectivity index is 1.05. The number of hydrogen-bond acceptors (Lipinski definition) is 1. The molecule has 15 rings (SSSR count). The summed E-state index contributed by atoms with van der Waals surface area (Å²) < 4.78 is 7.10. The topological polar surface area (TPSA) is 13.1 Å². The van der Waals surface area contributed by atoms with Gasteiger partial charge in [0.15, 0.2) is 0 Å². The lowest BCUT2D eigenvalue weighted by atomic mass is 9.82. The Bertz CT molecular complexity index is 4310. The molecule has 2 heteroatoms. The summed E-state index contributed by atoms with van der Waals surface area (Å²) in [5.41, 5.74) is 11.9. The van der Waals surface area contributed by atoms with Crippen LogP contribution in [0.4, 0.5) is 0 Å². The van der Waals surface area contributed by atoms with Crippen molar-refractivity contribution in [3.8, 4) is 44.5 Å². The largest absolute Gasteiger partial charge is 0.456 e. The molecule has 0 spiro atoms. The van der Waals surface area contributed by atoms with Gasteiger partial charge in [0.1, 0.15) is 11.2 Å². The van der Waals surface area contributed by atoms with E-state index < -0.39 is 7.92 Å². The first-order valence-corrected chi connectivity index (χ1v) is 24.8. The van der Waals surface area contributed by atoms with Crippen molar-refractivity contribution in [2.45, 2.75) is 0 Å². The molecule has 0 saturated heterocycles. The SMILES string of the molecule is c1ccc(-c2c3c(c(-c4ccccc4)c4ccccc24)-c2cc4oc5ccc(P(c6cc7ccccc7c7ccccc67)c6cc7ccccc7c7ccccc67)cc5c4c4cccc-3c24)cc1. The molecule has 0 amide bonds. The Morgan fingerprint density at radius 2 is 0.735 bits per heavy atom. The highest BCUT2D eigenvalue weighted by atomic mass is 31.1. The average molecular weight is 879 g/mol. The van der Waals surface area contributed by atoms with E-state index in [0.29, 0.717) is 0 Å². The van der Waals surface area contributed by atoms with Crippen molar-refractivity contribution in [1.82, 2.24) is 0 Å². The first kappa shape index (κ1) is 37.8. The van der Waals surface area contributed by atoms with Crippen LogP contribution in [-0.4, -0.2) is 0 Å². The lowest BCUT2D eigenvalue weighted by Crippen LogP contribution is -2.22. The molecule has 1 heterocycles.